The summed E-state index contributed by atoms with van der Waals surface area (Å²) in [6.45, 7) is 8.54. The van der Waals surface area contributed by atoms with Crippen LogP contribution in [0, 0.1) is 5.82 Å². The highest BCUT2D eigenvalue weighted by Crippen LogP contribution is 2.41. The number of aliphatic hydroxyl groups is 1. The molecule has 2 heterocycles. The van der Waals surface area contributed by atoms with Gasteiger partial charge in [-0.1, -0.05) is 39.0 Å². The number of likely N-dealkylation sites (tertiary alicyclic amines) is 1. The molecule has 1 aliphatic heterocycles. The predicted octanol–water partition coefficient (Wildman–Crippen LogP) is 5.54. The van der Waals surface area contributed by atoms with Gasteiger partial charge in [0.05, 0.1) is 17.9 Å². The molecule has 1 aliphatic rings. The van der Waals surface area contributed by atoms with Gasteiger partial charge < -0.3 is 14.7 Å². The van der Waals surface area contributed by atoms with E-state index in [9.17, 15) is 19.1 Å². The third kappa shape index (κ3) is 4.87. The highest BCUT2D eigenvalue weighted by molar-refractivity contribution is 6.46. The lowest BCUT2D eigenvalue weighted by atomic mass is 9.84. The number of ketones is 1. The van der Waals surface area contributed by atoms with E-state index in [0.29, 0.717) is 29.2 Å². The molecule has 1 aromatic heterocycles. The number of aliphatic hydroxyl groups excluding tert-OH is 1. The van der Waals surface area contributed by atoms with E-state index in [-0.39, 0.29) is 23.3 Å². The first-order chi connectivity index (χ1) is 17.1. The Kier molecular flexibility index (Phi) is 6.93. The third-order valence-corrected chi connectivity index (χ3v) is 6.13. The molecule has 1 saturated heterocycles. The summed E-state index contributed by atoms with van der Waals surface area (Å²) in [6.07, 6.45) is 1.57. The molecule has 0 aliphatic carbocycles. The number of carbonyl (C=O) groups is 2. The van der Waals surface area contributed by atoms with Gasteiger partial charge in [-0.3, -0.25) is 14.6 Å². The number of nitrogens with zero attached hydrogens (tertiary/aromatic N) is 2. The summed E-state index contributed by atoms with van der Waals surface area (Å²) in [4.78, 5) is 32.2. The van der Waals surface area contributed by atoms with Crippen molar-refractivity contribution in [1.29, 1.82) is 0 Å². The average molecular weight is 489 g/mol. The highest BCUT2D eigenvalue weighted by atomic mass is 19.1. The second-order valence-corrected chi connectivity index (χ2v) is 9.70. The fourth-order valence-corrected chi connectivity index (χ4v) is 4.38. The maximum absolute atomic E-state index is 13.4. The molecule has 4 rings (SSSR count). The summed E-state index contributed by atoms with van der Waals surface area (Å²) in [6, 6.07) is 15.3. The van der Waals surface area contributed by atoms with Gasteiger partial charge in [0.2, 0.25) is 0 Å². The molecule has 1 N–H and O–H groups in total. The molecule has 0 bridgehead atoms. The van der Waals surface area contributed by atoms with Crippen molar-refractivity contribution in [2.45, 2.75) is 45.7 Å². The number of ether oxygens (including phenoxy) is 1. The largest absolute Gasteiger partial charge is 0.507 e. The van der Waals surface area contributed by atoms with Crippen molar-refractivity contribution in [3.05, 3.63) is 101 Å². The Labute approximate surface area is 210 Å². The Bertz CT molecular complexity index is 1310. The molecule has 1 amide bonds. The number of rotatable bonds is 6. The first-order valence-electron chi connectivity index (χ1n) is 11.8. The first kappa shape index (κ1) is 25.1. The molecule has 0 saturated carbocycles. The van der Waals surface area contributed by atoms with Crippen LogP contribution in [0.25, 0.3) is 5.76 Å². The van der Waals surface area contributed by atoms with Crippen LogP contribution in [0.1, 0.15) is 56.1 Å². The van der Waals surface area contributed by atoms with E-state index >= 15 is 0 Å². The number of aromatic nitrogens is 1. The first-order valence-corrected chi connectivity index (χ1v) is 11.8. The molecule has 1 atom stereocenters. The van der Waals surface area contributed by atoms with Crippen LogP contribution >= 0.6 is 0 Å². The second-order valence-electron chi connectivity index (χ2n) is 9.70. The van der Waals surface area contributed by atoms with Gasteiger partial charge in [0, 0.05) is 23.9 Å². The number of benzene rings is 2. The quantitative estimate of drug-likeness (QED) is 0.280. The average Bonchev–Trinajstić information content (AvgIpc) is 3.10. The topological polar surface area (TPSA) is 79.7 Å². The smallest absolute Gasteiger partial charge is 0.296 e. The molecular formula is C29H29FN2O4. The zero-order valence-corrected chi connectivity index (χ0v) is 20.8. The van der Waals surface area contributed by atoms with Gasteiger partial charge >= 0.3 is 0 Å². The van der Waals surface area contributed by atoms with Crippen molar-refractivity contribution >= 4 is 17.4 Å². The van der Waals surface area contributed by atoms with E-state index < -0.39 is 23.5 Å². The van der Waals surface area contributed by atoms with Crippen LogP contribution < -0.4 is 4.74 Å². The van der Waals surface area contributed by atoms with Gasteiger partial charge in [0.25, 0.3) is 11.7 Å². The lowest BCUT2D eigenvalue weighted by molar-refractivity contribution is -0.140. The van der Waals surface area contributed by atoms with Crippen LogP contribution in [0.15, 0.2) is 72.4 Å². The Morgan fingerprint density at radius 1 is 1.08 bits per heavy atom. The molecule has 3 aromatic rings. The molecule has 1 fully saturated rings. The number of halogens is 1. The van der Waals surface area contributed by atoms with Crippen molar-refractivity contribution in [3.63, 3.8) is 0 Å². The van der Waals surface area contributed by atoms with Crippen molar-refractivity contribution in [2.24, 2.45) is 0 Å². The number of Topliss-reactive ketones (excluding diaryl/α,β-unsaturated/α-hetero) is 1. The summed E-state index contributed by atoms with van der Waals surface area (Å²) < 4.78 is 19.2. The predicted molar refractivity (Wildman–Crippen MR) is 135 cm³/mol. The van der Waals surface area contributed by atoms with Crippen molar-refractivity contribution in [2.75, 3.05) is 6.61 Å². The molecule has 36 heavy (non-hydrogen) atoms. The van der Waals surface area contributed by atoms with Gasteiger partial charge in [-0.15, -0.1) is 0 Å². The Morgan fingerprint density at radius 3 is 2.42 bits per heavy atom. The van der Waals surface area contributed by atoms with E-state index in [0.717, 1.165) is 5.56 Å². The van der Waals surface area contributed by atoms with Crippen molar-refractivity contribution in [3.8, 4) is 5.75 Å². The number of hydrogen-bond donors (Lipinski definition) is 1. The maximum Gasteiger partial charge on any atom is 0.296 e. The SMILES string of the molecule is CCOc1ccc(/C(O)=C2/C(=O)C(=O)N(Cc3ccc(F)cc3)C2c2ccccn2)cc1C(C)(C)C. The van der Waals surface area contributed by atoms with Crippen molar-refractivity contribution in [1.82, 2.24) is 9.88 Å². The van der Waals surface area contributed by atoms with Gasteiger partial charge in [0.1, 0.15) is 23.4 Å². The summed E-state index contributed by atoms with van der Waals surface area (Å²) in [7, 11) is 0. The minimum atomic E-state index is -0.902. The van der Waals surface area contributed by atoms with Crippen LogP contribution in [-0.2, 0) is 21.5 Å². The number of hydrogen-bond acceptors (Lipinski definition) is 5. The standard InChI is InChI=1S/C29H29FN2O4/c1-5-36-23-14-11-19(16-21(23)29(2,3)4)26(33)24-25(22-8-6-7-15-31-22)32(28(35)27(24)34)17-18-9-12-20(30)13-10-18/h6-16,25,33H,5,17H2,1-4H3/b26-24-. The van der Waals surface area contributed by atoms with E-state index in [4.69, 9.17) is 4.74 Å². The summed E-state index contributed by atoms with van der Waals surface area (Å²) in [5.41, 5.74) is 2.03. The Morgan fingerprint density at radius 2 is 1.81 bits per heavy atom. The van der Waals surface area contributed by atoms with E-state index in [2.05, 4.69) is 4.98 Å². The summed E-state index contributed by atoms with van der Waals surface area (Å²) >= 11 is 0. The number of pyridine rings is 1. The highest BCUT2D eigenvalue weighted by Gasteiger charge is 2.46. The summed E-state index contributed by atoms with van der Waals surface area (Å²) in [5, 5.41) is 11.4. The molecule has 1 unspecified atom stereocenters. The minimum Gasteiger partial charge on any atom is -0.507 e. The van der Waals surface area contributed by atoms with Crippen LogP contribution in [0.5, 0.6) is 5.75 Å². The second kappa shape index (κ2) is 9.93. The van der Waals surface area contributed by atoms with E-state index in [1.807, 2.05) is 27.7 Å². The van der Waals surface area contributed by atoms with Gasteiger partial charge in [-0.2, -0.15) is 0 Å². The van der Waals surface area contributed by atoms with E-state index in [1.54, 1.807) is 54.7 Å². The number of amides is 1. The Balaban J connectivity index is 1.86. The lowest BCUT2D eigenvalue weighted by Gasteiger charge is -2.25. The molecular weight excluding hydrogens is 459 g/mol. The lowest BCUT2D eigenvalue weighted by Crippen LogP contribution is -2.29. The molecule has 6 nitrogen and oxygen atoms in total. The van der Waals surface area contributed by atoms with Crippen LogP contribution in [0.4, 0.5) is 4.39 Å². The van der Waals surface area contributed by atoms with Gasteiger partial charge in [-0.05, 0) is 60.4 Å². The zero-order chi connectivity index (χ0) is 26.0. The fraction of sp³-hybridized carbons (Fsp3) is 0.276. The van der Waals surface area contributed by atoms with Gasteiger partial charge in [0.15, 0.2) is 0 Å². The summed E-state index contributed by atoms with van der Waals surface area (Å²) in [5.74, 6) is -1.53. The normalized spacial score (nSPS) is 17.5. The molecule has 186 valence electrons. The Hall–Kier alpha value is -4.00. The fourth-order valence-electron chi connectivity index (χ4n) is 4.38. The van der Waals surface area contributed by atoms with E-state index in [1.165, 1.54) is 17.0 Å². The maximum atomic E-state index is 13.4. The molecule has 0 radical (unpaired) electrons. The molecule has 7 heteroatoms. The molecule has 2 aromatic carbocycles. The van der Waals surface area contributed by atoms with Gasteiger partial charge in [-0.25, -0.2) is 4.39 Å². The number of carbonyl (C=O) groups excluding carboxylic acids is 2. The minimum absolute atomic E-state index is 0.0372. The molecule has 0 spiro atoms. The van der Waals surface area contributed by atoms with Crippen LogP contribution in [0.3, 0.4) is 0 Å². The van der Waals surface area contributed by atoms with Crippen molar-refractivity contribution < 1.29 is 23.8 Å². The monoisotopic (exact) mass is 488 g/mol. The zero-order valence-electron chi connectivity index (χ0n) is 20.8. The van der Waals surface area contributed by atoms with Crippen LogP contribution in [0.2, 0.25) is 0 Å². The van der Waals surface area contributed by atoms with Crippen LogP contribution in [-0.4, -0.2) is 33.3 Å². The third-order valence-electron chi connectivity index (χ3n) is 6.13.